The van der Waals surface area contributed by atoms with E-state index in [1.165, 1.54) is 7.11 Å². The topological polar surface area (TPSA) is 55.8 Å². The molecule has 0 saturated carbocycles. The van der Waals surface area contributed by atoms with Crippen LogP contribution in [-0.4, -0.2) is 36.2 Å². The molecule has 0 amide bonds. The normalized spacial score (nSPS) is 11.9. The number of rotatable bonds is 5. The summed E-state index contributed by atoms with van der Waals surface area (Å²) in [5, 5.41) is 9.72. The van der Waals surface area contributed by atoms with E-state index in [0.717, 1.165) is 0 Å². The zero-order valence-corrected chi connectivity index (χ0v) is 10.4. The van der Waals surface area contributed by atoms with Crippen molar-refractivity contribution in [2.24, 2.45) is 0 Å². The van der Waals surface area contributed by atoms with Crippen LogP contribution in [0.15, 0.2) is 24.3 Å². The van der Waals surface area contributed by atoms with Crippen molar-refractivity contribution in [3.05, 3.63) is 29.8 Å². The first-order valence-electron chi connectivity index (χ1n) is 4.72. The highest BCUT2D eigenvalue weighted by Crippen LogP contribution is 2.13. The first-order chi connectivity index (χ1) is 7.67. The average molecular weight is 289 g/mol. The van der Waals surface area contributed by atoms with Crippen LogP contribution in [0.2, 0.25) is 0 Å². The zero-order chi connectivity index (χ0) is 12.0. The van der Waals surface area contributed by atoms with E-state index in [1.54, 1.807) is 24.3 Å². The number of hydrogen-bond acceptors (Lipinski definition) is 4. The van der Waals surface area contributed by atoms with Crippen LogP contribution >= 0.6 is 15.9 Å². The van der Waals surface area contributed by atoms with Crippen molar-refractivity contribution in [3.8, 4) is 5.75 Å². The van der Waals surface area contributed by atoms with Crippen molar-refractivity contribution >= 4 is 21.9 Å². The third kappa shape index (κ3) is 3.83. The second-order valence-corrected chi connectivity index (χ2v) is 3.78. The van der Waals surface area contributed by atoms with Gasteiger partial charge in [0, 0.05) is 5.33 Å². The lowest BCUT2D eigenvalue weighted by molar-refractivity contribution is 0.0600. The molecular weight excluding hydrogens is 276 g/mol. The van der Waals surface area contributed by atoms with E-state index in [2.05, 4.69) is 20.7 Å². The minimum absolute atomic E-state index is 0.211. The van der Waals surface area contributed by atoms with E-state index in [-0.39, 0.29) is 12.6 Å². The maximum absolute atomic E-state index is 11.1. The third-order valence-electron chi connectivity index (χ3n) is 1.90. The van der Waals surface area contributed by atoms with Gasteiger partial charge in [0.1, 0.15) is 12.4 Å². The fourth-order valence-electron chi connectivity index (χ4n) is 1.04. The Bertz CT molecular complexity index is 336. The van der Waals surface area contributed by atoms with E-state index in [9.17, 15) is 9.90 Å². The summed E-state index contributed by atoms with van der Waals surface area (Å²) in [4.78, 5) is 11.1. The summed E-state index contributed by atoms with van der Waals surface area (Å²) in [7, 11) is 1.33. The highest BCUT2D eigenvalue weighted by molar-refractivity contribution is 9.09. The monoisotopic (exact) mass is 288 g/mol. The number of aliphatic hydroxyl groups is 1. The zero-order valence-electron chi connectivity index (χ0n) is 8.85. The molecule has 0 aliphatic rings. The average Bonchev–Trinajstić information content (AvgIpc) is 2.35. The number of methoxy groups -OCH3 is 1. The number of aliphatic hydroxyl groups excluding tert-OH is 1. The predicted molar refractivity (Wildman–Crippen MR) is 63.1 cm³/mol. The molecule has 1 atom stereocenters. The lowest BCUT2D eigenvalue weighted by atomic mass is 10.2. The van der Waals surface area contributed by atoms with Gasteiger partial charge < -0.3 is 14.6 Å². The Labute approximate surface area is 102 Å². The summed E-state index contributed by atoms with van der Waals surface area (Å²) in [6, 6.07) is 6.55. The van der Waals surface area contributed by atoms with Crippen LogP contribution in [0, 0.1) is 0 Å². The molecule has 5 heteroatoms. The standard InChI is InChI=1S/C11H13BrO4/c1-15-11(14)8-2-4-10(5-3-8)16-7-9(13)6-12/h2-5,9,13H,6-7H2,1H3. The van der Waals surface area contributed by atoms with Crippen molar-refractivity contribution in [2.75, 3.05) is 19.0 Å². The lowest BCUT2D eigenvalue weighted by Crippen LogP contribution is -2.18. The Balaban J connectivity index is 2.54. The molecule has 0 fully saturated rings. The summed E-state index contributed by atoms with van der Waals surface area (Å²) in [6.45, 7) is 0.211. The van der Waals surface area contributed by atoms with Gasteiger partial charge in [-0.3, -0.25) is 0 Å². The van der Waals surface area contributed by atoms with Gasteiger partial charge in [0.2, 0.25) is 0 Å². The van der Waals surface area contributed by atoms with Gasteiger partial charge in [0.15, 0.2) is 0 Å². The third-order valence-corrected chi connectivity index (χ3v) is 2.64. The molecule has 0 radical (unpaired) electrons. The maximum atomic E-state index is 11.1. The Kier molecular flexibility index (Phi) is 5.28. The molecule has 0 aliphatic carbocycles. The first-order valence-corrected chi connectivity index (χ1v) is 5.84. The lowest BCUT2D eigenvalue weighted by Gasteiger charge is -2.09. The van der Waals surface area contributed by atoms with Crippen molar-refractivity contribution in [1.82, 2.24) is 0 Å². The van der Waals surface area contributed by atoms with Gasteiger partial charge in [-0.05, 0) is 24.3 Å². The Morgan fingerprint density at radius 3 is 2.56 bits per heavy atom. The number of esters is 1. The number of hydrogen-bond donors (Lipinski definition) is 1. The molecule has 4 nitrogen and oxygen atoms in total. The fraction of sp³-hybridized carbons (Fsp3) is 0.364. The van der Waals surface area contributed by atoms with E-state index >= 15 is 0 Å². The minimum Gasteiger partial charge on any atom is -0.491 e. The molecule has 0 spiro atoms. The summed E-state index contributed by atoms with van der Waals surface area (Å²) in [5.74, 6) is 0.222. The van der Waals surface area contributed by atoms with Gasteiger partial charge in [-0.25, -0.2) is 4.79 Å². The largest absolute Gasteiger partial charge is 0.491 e. The molecule has 1 unspecified atom stereocenters. The minimum atomic E-state index is -0.541. The predicted octanol–water partition coefficient (Wildman–Crippen LogP) is 1.61. The number of carbonyl (C=O) groups is 1. The smallest absolute Gasteiger partial charge is 0.337 e. The Hall–Kier alpha value is -1.07. The Morgan fingerprint density at radius 1 is 1.44 bits per heavy atom. The molecule has 1 aromatic carbocycles. The van der Waals surface area contributed by atoms with Crippen molar-refractivity contribution < 1.29 is 19.4 Å². The van der Waals surface area contributed by atoms with Crippen LogP contribution in [0.25, 0.3) is 0 Å². The highest BCUT2D eigenvalue weighted by atomic mass is 79.9. The number of alkyl halides is 1. The second-order valence-electron chi connectivity index (χ2n) is 3.14. The van der Waals surface area contributed by atoms with Gasteiger partial charge in [0.05, 0.1) is 18.8 Å². The quantitative estimate of drug-likeness (QED) is 0.661. The van der Waals surface area contributed by atoms with Crippen molar-refractivity contribution in [2.45, 2.75) is 6.10 Å². The van der Waals surface area contributed by atoms with Crippen LogP contribution in [0.1, 0.15) is 10.4 Å². The van der Waals surface area contributed by atoms with E-state index in [1.807, 2.05) is 0 Å². The molecule has 0 bridgehead atoms. The summed E-state index contributed by atoms with van der Waals surface area (Å²) in [5.41, 5.74) is 0.468. The van der Waals surface area contributed by atoms with Crippen LogP contribution < -0.4 is 4.74 Å². The Morgan fingerprint density at radius 2 is 2.06 bits per heavy atom. The molecule has 0 heterocycles. The summed E-state index contributed by atoms with van der Waals surface area (Å²) >= 11 is 3.14. The number of ether oxygens (including phenoxy) is 2. The molecule has 1 rings (SSSR count). The highest BCUT2D eigenvalue weighted by Gasteiger charge is 2.06. The summed E-state index contributed by atoms with van der Waals surface area (Å²) in [6.07, 6.45) is -0.541. The van der Waals surface area contributed by atoms with Gasteiger partial charge in [0.25, 0.3) is 0 Å². The number of halogens is 1. The van der Waals surface area contributed by atoms with Crippen LogP contribution in [0.3, 0.4) is 0 Å². The van der Waals surface area contributed by atoms with Crippen LogP contribution in [-0.2, 0) is 4.74 Å². The SMILES string of the molecule is COC(=O)c1ccc(OCC(O)CBr)cc1. The van der Waals surface area contributed by atoms with E-state index < -0.39 is 6.10 Å². The number of carbonyl (C=O) groups excluding carboxylic acids is 1. The van der Waals surface area contributed by atoms with Crippen molar-refractivity contribution in [3.63, 3.8) is 0 Å². The molecule has 16 heavy (non-hydrogen) atoms. The van der Waals surface area contributed by atoms with Gasteiger partial charge in [-0.1, -0.05) is 15.9 Å². The number of benzene rings is 1. The molecule has 0 saturated heterocycles. The molecule has 0 aliphatic heterocycles. The van der Waals surface area contributed by atoms with Crippen LogP contribution in [0.4, 0.5) is 0 Å². The molecule has 88 valence electrons. The molecule has 1 N–H and O–H groups in total. The fourth-order valence-corrected chi connectivity index (χ4v) is 1.23. The second kappa shape index (κ2) is 6.50. The molecule has 0 aromatic heterocycles. The molecule has 1 aromatic rings. The van der Waals surface area contributed by atoms with E-state index in [0.29, 0.717) is 16.6 Å². The summed E-state index contributed by atoms with van der Waals surface area (Å²) < 4.78 is 9.86. The molecular formula is C11H13BrO4. The van der Waals surface area contributed by atoms with Crippen LogP contribution in [0.5, 0.6) is 5.75 Å². The van der Waals surface area contributed by atoms with Gasteiger partial charge in [-0.15, -0.1) is 0 Å². The first kappa shape index (κ1) is 13.0. The van der Waals surface area contributed by atoms with Gasteiger partial charge >= 0.3 is 5.97 Å². The maximum Gasteiger partial charge on any atom is 0.337 e. The van der Waals surface area contributed by atoms with Crippen molar-refractivity contribution in [1.29, 1.82) is 0 Å². The van der Waals surface area contributed by atoms with Gasteiger partial charge in [-0.2, -0.15) is 0 Å². The van der Waals surface area contributed by atoms with E-state index in [4.69, 9.17) is 4.74 Å².